The number of fused-ring (bicyclic) bond motifs is 1. The number of ether oxygens (including phenoxy) is 2. The average molecular weight is 433 g/mol. The molecule has 158 valence electrons. The van der Waals surface area contributed by atoms with E-state index in [0.717, 1.165) is 22.8 Å². The van der Waals surface area contributed by atoms with Gasteiger partial charge in [0.1, 0.15) is 13.2 Å². The molecular formula is C25H24N2O3S. The van der Waals surface area contributed by atoms with Crippen LogP contribution in [0.15, 0.2) is 77.9 Å². The van der Waals surface area contributed by atoms with Gasteiger partial charge in [-0.25, -0.2) is 5.43 Å². The maximum Gasteiger partial charge on any atom is 0.271 e. The standard InChI is InChI=1S/C25H24N2O3S/c1-18(22-11-12-23-24(15-22)30-14-13-29-23)26-27-25(28)21-9-7-20(8-10-21)17-31-16-19-5-3-2-4-6-19/h2-12,15H,13-14,16-17H2,1H3,(H,27,28)/b26-18+. The molecule has 0 saturated carbocycles. The molecule has 0 radical (unpaired) electrons. The van der Waals surface area contributed by atoms with Crippen LogP contribution >= 0.6 is 11.8 Å². The molecule has 31 heavy (non-hydrogen) atoms. The van der Waals surface area contributed by atoms with Gasteiger partial charge in [-0.3, -0.25) is 4.79 Å². The van der Waals surface area contributed by atoms with E-state index in [1.165, 1.54) is 11.1 Å². The van der Waals surface area contributed by atoms with Crippen LogP contribution in [-0.2, 0) is 11.5 Å². The van der Waals surface area contributed by atoms with Crippen LogP contribution in [0.4, 0.5) is 0 Å². The smallest absolute Gasteiger partial charge is 0.271 e. The van der Waals surface area contributed by atoms with E-state index < -0.39 is 0 Å². The van der Waals surface area contributed by atoms with Crippen molar-refractivity contribution < 1.29 is 14.3 Å². The molecular weight excluding hydrogens is 408 g/mol. The molecule has 6 heteroatoms. The first-order valence-electron chi connectivity index (χ1n) is 10.1. The van der Waals surface area contributed by atoms with Crippen LogP contribution in [0.2, 0.25) is 0 Å². The zero-order valence-electron chi connectivity index (χ0n) is 17.3. The number of carbonyl (C=O) groups is 1. The van der Waals surface area contributed by atoms with E-state index in [1.54, 1.807) is 0 Å². The van der Waals surface area contributed by atoms with Crippen molar-refractivity contribution in [3.63, 3.8) is 0 Å². The molecule has 0 aliphatic carbocycles. The van der Waals surface area contributed by atoms with Gasteiger partial charge in [0, 0.05) is 22.6 Å². The minimum Gasteiger partial charge on any atom is -0.486 e. The molecule has 0 unspecified atom stereocenters. The molecule has 0 fully saturated rings. The fourth-order valence-electron chi connectivity index (χ4n) is 3.15. The zero-order chi connectivity index (χ0) is 21.5. The Morgan fingerprint density at radius 1 is 0.871 bits per heavy atom. The van der Waals surface area contributed by atoms with Crippen LogP contribution in [-0.4, -0.2) is 24.8 Å². The van der Waals surface area contributed by atoms with Crippen LogP contribution in [0.1, 0.15) is 34.0 Å². The molecule has 1 aliphatic rings. The molecule has 0 aromatic heterocycles. The second-order valence-corrected chi connectivity index (χ2v) is 8.16. The fourth-order valence-corrected chi connectivity index (χ4v) is 4.10. The van der Waals surface area contributed by atoms with E-state index in [1.807, 2.05) is 67.2 Å². The van der Waals surface area contributed by atoms with Gasteiger partial charge in [-0.05, 0) is 48.4 Å². The number of rotatable bonds is 7. The van der Waals surface area contributed by atoms with Gasteiger partial charge >= 0.3 is 0 Å². The van der Waals surface area contributed by atoms with E-state index in [-0.39, 0.29) is 5.91 Å². The first-order chi connectivity index (χ1) is 15.2. The fraction of sp³-hybridized carbons (Fsp3) is 0.200. The van der Waals surface area contributed by atoms with Crippen LogP contribution in [0, 0.1) is 0 Å². The van der Waals surface area contributed by atoms with Crippen LogP contribution in [0.3, 0.4) is 0 Å². The second-order valence-electron chi connectivity index (χ2n) is 7.17. The second kappa shape index (κ2) is 10.2. The summed E-state index contributed by atoms with van der Waals surface area (Å²) in [6.45, 7) is 2.93. The number of carbonyl (C=O) groups excluding carboxylic acids is 1. The predicted octanol–water partition coefficient (Wildman–Crippen LogP) is 5.05. The zero-order valence-corrected chi connectivity index (χ0v) is 18.2. The maximum absolute atomic E-state index is 12.5. The van der Waals surface area contributed by atoms with E-state index >= 15 is 0 Å². The molecule has 0 saturated heterocycles. The van der Waals surface area contributed by atoms with E-state index in [9.17, 15) is 4.79 Å². The molecule has 1 amide bonds. The van der Waals surface area contributed by atoms with E-state index in [2.05, 4.69) is 34.8 Å². The van der Waals surface area contributed by atoms with Gasteiger partial charge in [0.15, 0.2) is 11.5 Å². The highest BCUT2D eigenvalue weighted by atomic mass is 32.2. The Bertz CT molecular complexity index is 1070. The van der Waals surface area contributed by atoms with Crippen molar-refractivity contribution >= 4 is 23.4 Å². The maximum atomic E-state index is 12.5. The van der Waals surface area contributed by atoms with Crippen molar-refractivity contribution in [1.29, 1.82) is 0 Å². The molecule has 1 heterocycles. The number of nitrogens with one attached hydrogen (secondary N) is 1. The van der Waals surface area contributed by atoms with Gasteiger partial charge in [-0.1, -0.05) is 42.5 Å². The number of hydrogen-bond donors (Lipinski definition) is 1. The lowest BCUT2D eigenvalue weighted by Gasteiger charge is -2.18. The van der Waals surface area contributed by atoms with Gasteiger partial charge in [0.05, 0.1) is 5.71 Å². The summed E-state index contributed by atoms with van der Waals surface area (Å²) in [5, 5.41) is 4.24. The summed E-state index contributed by atoms with van der Waals surface area (Å²) in [7, 11) is 0. The summed E-state index contributed by atoms with van der Waals surface area (Å²) < 4.78 is 11.1. The van der Waals surface area contributed by atoms with Crippen molar-refractivity contribution in [3.8, 4) is 11.5 Å². The quantitative estimate of drug-likeness (QED) is 0.419. The summed E-state index contributed by atoms with van der Waals surface area (Å²) in [5.74, 6) is 3.06. The Morgan fingerprint density at radius 2 is 1.52 bits per heavy atom. The van der Waals surface area contributed by atoms with Crippen molar-refractivity contribution in [2.45, 2.75) is 18.4 Å². The number of nitrogens with zero attached hydrogens (tertiary/aromatic N) is 1. The number of amides is 1. The van der Waals surface area contributed by atoms with Crippen molar-refractivity contribution in [3.05, 3.63) is 95.1 Å². The van der Waals surface area contributed by atoms with Crippen molar-refractivity contribution in [1.82, 2.24) is 5.43 Å². The average Bonchev–Trinajstić information content (AvgIpc) is 2.83. The summed E-state index contributed by atoms with van der Waals surface area (Å²) in [6.07, 6.45) is 0. The van der Waals surface area contributed by atoms with Gasteiger partial charge in [-0.15, -0.1) is 0 Å². The van der Waals surface area contributed by atoms with Crippen LogP contribution < -0.4 is 14.9 Å². The lowest BCUT2D eigenvalue weighted by molar-refractivity contribution is 0.0955. The SMILES string of the molecule is C/C(=N\NC(=O)c1ccc(CSCc2ccccc2)cc1)c1ccc2c(c1)OCCO2. The minimum absolute atomic E-state index is 0.236. The molecule has 5 nitrogen and oxygen atoms in total. The third kappa shape index (κ3) is 5.67. The molecule has 0 atom stereocenters. The normalized spacial score (nSPS) is 13.0. The molecule has 1 N–H and O–H groups in total. The van der Waals surface area contributed by atoms with Gasteiger partial charge < -0.3 is 9.47 Å². The predicted molar refractivity (Wildman–Crippen MR) is 125 cm³/mol. The van der Waals surface area contributed by atoms with Gasteiger partial charge in [-0.2, -0.15) is 16.9 Å². The van der Waals surface area contributed by atoms with E-state index in [0.29, 0.717) is 30.2 Å². The molecule has 0 bridgehead atoms. The highest BCUT2D eigenvalue weighted by molar-refractivity contribution is 7.97. The Hall–Kier alpha value is -3.25. The van der Waals surface area contributed by atoms with Crippen LogP contribution in [0.25, 0.3) is 0 Å². The Balaban J connectivity index is 1.31. The summed E-state index contributed by atoms with van der Waals surface area (Å²) in [6, 6.07) is 23.7. The number of hydrazone groups is 1. The molecule has 4 rings (SSSR count). The van der Waals surface area contributed by atoms with Crippen molar-refractivity contribution in [2.75, 3.05) is 13.2 Å². The number of benzene rings is 3. The molecule has 3 aromatic carbocycles. The molecule has 1 aliphatic heterocycles. The number of hydrogen-bond acceptors (Lipinski definition) is 5. The molecule has 0 spiro atoms. The first-order valence-corrected chi connectivity index (χ1v) is 11.3. The van der Waals surface area contributed by atoms with Crippen LogP contribution in [0.5, 0.6) is 11.5 Å². The minimum atomic E-state index is -0.236. The topological polar surface area (TPSA) is 59.9 Å². The largest absolute Gasteiger partial charge is 0.486 e. The summed E-state index contributed by atoms with van der Waals surface area (Å²) in [4.78, 5) is 12.5. The molecule has 3 aromatic rings. The highest BCUT2D eigenvalue weighted by Crippen LogP contribution is 2.30. The lowest BCUT2D eigenvalue weighted by Crippen LogP contribution is -2.19. The Labute approximate surface area is 186 Å². The summed E-state index contributed by atoms with van der Waals surface area (Å²) >= 11 is 1.85. The third-order valence-electron chi connectivity index (χ3n) is 4.88. The van der Waals surface area contributed by atoms with E-state index in [4.69, 9.17) is 9.47 Å². The Morgan fingerprint density at radius 3 is 2.26 bits per heavy atom. The van der Waals surface area contributed by atoms with Gasteiger partial charge in [0.2, 0.25) is 0 Å². The Kier molecular flexibility index (Phi) is 6.89. The monoisotopic (exact) mass is 432 g/mol. The first kappa shape index (κ1) is 21.0. The van der Waals surface area contributed by atoms with Gasteiger partial charge in [0.25, 0.3) is 5.91 Å². The lowest BCUT2D eigenvalue weighted by atomic mass is 10.1. The number of thioether (sulfide) groups is 1. The summed E-state index contributed by atoms with van der Waals surface area (Å²) in [5.41, 5.74) is 7.28. The third-order valence-corrected chi connectivity index (χ3v) is 5.96. The van der Waals surface area contributed by atoms with Crippen molar-refractivity contribution in [2.24, 2.45) is 5.10 Å². The highest BCUT2D eigenvalue weighted by Gasteiger charge is 2.13.